The Morgan fingerprint density at radius 1 is 1.06 bits per heavy atom. The molecule has 0 atom stereocenters. The number of benzene rings is 2. The van der Waals surface area contributed by atoms with E-state index >= 15 is 0 Å². The lowest BCUT2D eigenvalue weighted by molar-refractivity contribution is 0.469. The maximum atomic E-state index is 11.0. The molecule has 2 rings (SSSR count). The van der Waals surface area contributed by atoms with Crippen molar-refractivity contribution in [1.82, 2.24) is 0 Å². The summed E-state index contributed by atoms with van der Waals surface area (Å²) in [5, 5.41) is 0. The van der Waals surface area contributed by atoms with E-state index in [1.165, 1.54) is 12.1 Å². The van der Waals surface area contributed by atoms with Gasteiger partial charge in [0.1, 0.15) is 11.5 Å². The van der Waals surface area contributed by atoms with E-state index in [-0.39, 0.29) is 4.90 Å². The smallest absolute Gasteiger partial charge is 0.294 e. The van der Waals surface area contributed by atoms with Crippen LogP contribution in [-0.4, -0.2) is 13.0 Å². The van der Waals surface area contributed by atoms with E-state index in [2.05, 4.69) is 0 Å². The first-order valence-corrected chi connectivity index (χ1v) is 6.72. The molecular formula is C13H12O4S. The Morgan fingerprint density at radius 2 is 1.72 bits per heavy atom. The fourth-order valence-electron chi connectivity index (χ4n) is 1.47. The van der Waals surface area contributed by atoms with Crippen LogP contribution in [0.5, 0.6) is 11.5 Å². The van der Waals surface area contributed by atoms with Crippen LogP contribution in [0.1, 0.15) is 5.56 Å². The molecule has 94 valence electrons. The molecule has 0 unspecified atom stereocenters. The van der Waals surface area contributed by atoms with Crippen LogP contribution < -0.4 is 4.74 Å². The largest absolute Gasteiger partial charge is 0.457 e. The molecule has 0 bridgehead atoms. The summed E-state index contributed by atoms with van der Waals surface area (Å²) >= 11 is 0. The lowest BCUT2D eigenvalue weighted by atomic mass is 10.2. The molecule has 0 heterocycles. The van der Waals surface area contributed by atoms with Crippen molar-refractivity contribution in [3.8, 4) is 11.5 Å². The summed E-state index contributed by atoms with van der Waals surface area (Å²) in [6.45, 7) is 1.80. The summed E-state index contributed by atoms with van der Waals surface area (Å²) in [7, 11) is -4.21. The highest BCUT2D eigenvalue weighted by atomic mass is 32.2. The molecule has 0 saturated carbocycles. The second-order valence-corrected chi connectivity index (χ2v) is 5.24. The second kappa shape index (κ2) is 4.80. The Balaban J connectivity index is 2.39. The SMILES string of the molecule is Cc1ccc(S(=O)(=O)O)cc1Oc1ccccc1. The number of hydrogen-bond acceptors (Lipinski definition) is 3. The topological polar surface area (TPSA) is 63.6 Å². The number of aryl methyl sites for hydroxylation is 1. The van der Waals surface area contributed by atoms with E-state index in [1.54, 1.807) is 25.1 Å². The van der Waals surface area contributed by atoms with Crippen molar-refractivity contribution in [2.75, 3.05) is 0 Å². The van der Waals surface area contributed by atoms with Gasteiger partial charge < -0.3 is 4.74 Å². The minimum absolute atomic E-state index is 0.181. The summed E-state index contributed by atoms with van der Waals surface area (Å²) in [6.07, 6.45) is 0. The Hall–Kier alpha value is -1.85. The normalized spacial score (nSPS) is 11.2. The molecule has 0 aliphatic heterocycles. The van der Waals surface area contributed by atoms with Crippen molar-refractivity contribution in [3.05, 3.63) is 54.1 Å². The van der Waals surface area contributed by atoms with Gasteiger partial charge in [0, 0.05) is 6.07 Å². The third kappa shape index (κ3) is 2.88. The van der Waals surface area contributed by atoms with Crippen molar-refractivity contribution in [3.63, 3.8) is 0 Å². The maximum Gasteiger partial charge on any atom is 0.294 e. The zero-order chi connectivity index (χ0) is 13.2. The number of ether oxygens (including phenoxy) is 1. The van der Waals surface area contributed by atoms with Crippen LogP contribution >= 0.6 is 0 Å². The summed E-state index contributed by atoms with van der Waals surface area (Å²) in [5.41, 5.74) is 0.784. The Kier molecular flexibility index (Phi) is 3.36. The molecule has 0 radical (unpaired) electrons. The monoisotopic (exact) mass is 264 g/mol. The predicted octanol–water partition coefficient (Wildman–Crippen LogP) is 3.03. The third-order valence-corrected chi connectivity index (χ3v) is 3.28. The molecule has 4 nitrogen and oxygen atoms in total. The minimum Gasteiger partial charge on any atom is -0.457 e. The lowest BCUT2D eigenvalue weighted by Gasteiger charge is -2.09. The Morgan fingerprint density at radius 3 is 2.33 bits per heavy atom. The summed E-state index contributed by atoms with van der Waals surface area (Å²) in [6, 6.07) is 13.2. The summed E-state index contributed by atoms with van der Waals surface area (Å²) in [4.78, 5) is -0.181. The zero-order valence-corrected chi connectivity index (χ0v) is 10.5. The molecule has 2 aromatic rings. The van der Waals surface area contributed by atoms with E-state index in [0.29, 0.717) is 11.5 Å². The van der Waals surface area contributed by atoms with Crippen LogP contribution in [0.15, 0.2) is 53.4 Å². The molecule has 5 heteroatoms. The van der Waals surface area contributed by atoms with E-state index in [4.69, 9.17) is 9.29 Å². The van der Waals surface area contributed by atoms with Gasteiger partial charge in [-0.25, -0.2) is 0 Å². The summed E-state index contributed by atoms with van der Waals surface area (Å²) < 4.78 is 36.7. The molecular weight excluding hydrogens is 252 g/mol. The van der Waals surface area contributed by atoms with E-state index in [1.807, 2.05) is 18.2 Å². The van der Waals surface area contributed by atoms with Gasteiger partial charge in [0.25, 0.3) is 10.1 Å². The molecule has 0 spiro atoms. The average molecular weight is 264 g/mol. The zero-order valence-electron chi connectivity index (χ0n) is 9.70. The Bertz CT molecular complexity index is 648. The number of hydrogen-bond donors (Lipinski definition) is 1. The summed E-state index contributed by atoms with van der Waals surface area (Å²) in [5.74, 6) is 1.00. The quantitative estimate of drug-likeness (QED) is 0.865. The van der Waals surface area contributed by atoms with Gasteiger partial charge in [-0.15, -0.1) is 0 Å². The molecule has 0 saturated heterocycles. The molecule has 18 heavy (non-hydrogen) atoms. The van der Waals surface area contributed by atoms with Gasteiger partial charge in [0.15, 0.2) is 0 Å². The molecule has 0 fully saturated rings. The Labute approximate surface area is 106 Å². The van der Waals surface area contributed by atoms with Gasteiger partial charge in [-0.05, 0) is 30.7 Å². The molecule has 1 N–H and O–H groups in total. The van der Waals surface area contributed by atoms with Gasteiger partial charge in [-0.1, -0.05) is 24.3 Å². The van der Waals surface area contributed by atoms with Crippen molar-refractivity contribution < 1.29 is 17.7 Å². The fourth-order valence-corrected chi connectivity index (χ4v) is 1.96. The second-order valence-electron chi connectivity index (χ2n) is 3.82. The molecule has 0 aromatic heterocycles. The third-order valence-electron chi connectivity index (χ3n) is 2.43. The first-order valence-electron chi connectivity index (χ1n) is 5.28. The van der Waals surface area contributed by atoms with Crippen molar-refractivity contribution in [1.29, 1.82) is 0 Å². The molecule has 0 aliphatic carbocycles. The van der Waals surface area contributed by atoms with Crippen molar-refractivity contribution in [2.24, 2.45) is 0 Å². The van der Waals surface area contributed by atoms with Crippen molar-refractivity contribution >= 4 is 10.1 Å². The van der Waals surface area contributed by atoms with Gasteiger partial charge in [0.05, 0.1) is 4.90 Å². The predicted molar refractivity (Wildman–Crippen MR) is 67.5 cm³/mol. The van der Waals surface area contributed by atoms with E-state index < -0.39 is 10.1 Å². The lowest BCUT2D eigenvalue weighted by Crippen LogP contribution is -1.99. The van der Waals surface area contributed by atoms with Crippen LogP contribution in [-0.2, 0) is 10.1 Å². The average Bonchev–Trinajstić information content (AvgIpc) is 2.32. The van der Waals surface area contributed by atoms with Gasteiger partial charge in [-0.3, -0.25) is 4.55 Å². The van der Waals surface area contributed by atoms with Crippen LogP contribution in [0.25, 0.3) is 0 Å². The van der Waals surface area contributed by atoms with Gasteiger partial charge >= 0.3 is 0 Å². The number of para-hydroxylation sites is 1. The minimum atomic E-state index is -4.21. The molecule has 0 aliphatic rings. The van der Waals surface area contributed by atoms with Crippen molar-refractivity contribution in [2.45, 2.75) is 11.8 Å². The first kappa shape index (κ1) is 12.6. The number of rotatable bonds is 3. The highest BCUT2D eigenvalue weighted by molar-refractivity contribution is 7.85. The van der Waals surface area contributed by atoms with Crippen LogP contribution in [0.2, 0.25) is 0 Å². The molecule has 2 aromatic carbocycles. The first-order chi connectivity index (χ1) is 8.47. The van der Waals surface area contributed by atoms with E-state index in [0.717, 1.165) is 5.56 Å². The van der Waals surface area contributed by atoms with Crippen LogP contribution in [0.4, 0.5) is 0 Å². The fraction of sp³-hybridized carbons (Fsp3) is 0.0769. The molecule has 0 amide bonds. The van der Waals surface area contributed by atoms with Gasteiger partial charge in [-0.2, -0.15) is 8.42 Å². The van der Waals surface area contributed by atoms with E-state index in [9.17, 15) is 8.42 Å². The maximum absolute atomic E-state index is 11.0. The van der Waals surface area contributed by atoms with Crippen LogP contribution in [0, 0.1) is 6.92 Å². The standard InChI is InChI=1S/C13H12O4S/c1-10-7-8-12(18(14,15)16)9-13(10)17-11-5-3-2-4-6-11/h2-9H,1H3,(H,14,15,16). The highest BCUT2D eigenvalue weighted by Gasteiger charge is 2.12. The van der Waals surface area contributed by atoms with Crippen LogP contribution in [0.3, 0.4) is 0 Å². The van der Waals surface area contributed by atoms with Gasteiger partial charge in [0.2, 0.25) is 0 Å². The highest BCUT2D eigenvalue weighted by Crippen LogP contribution is 2.27.